The maximum absolute atomic E-state index is 13.7. The van der Waals surface area contributed by atoms with E-state index in [9.17, 15) is 24.3 Å². The molecule has 0 aromatic heterocycles. The van der Waals surface area contributed by atoms with Crippen molar-refractivity contribution >= 4 is 24.0 Å². The minimum absolute atomic E-state index is 0.0120. The number of Topliss-reactive ketones (excluding diaryl/α,β-unsaturated/α-hetero) is 1. The maximum Gasteiger partial charge on any atom is 0.509 e. The fourth-order valence-electron chi connectivity index (χ4n) is 8.54. The van der Waals surface area contributed by atoms with Gasteiger partial charge in [0.05, 0.1) is 56.2 Å². The van der Waals surface area contributed by atoms with Gasteiger partial charge in [-0.25, -0.2) is 9.59 Å². The summed E-state index contributed by atoms with van der Waals surface area (Å²) >= 11 is 0. The van der Waals surface area contributed by atoms with Crippen LogP contribution >= 0.6 is 0 Å². The van der Waals surface area contributed by atoms with Gasteiger partial charge in [0.2, 0.25) is 0 Å². The number of amides is 1. The van der Waals surface area contributed by atoms with Crippen molar-refractivity contribution in [3.63, 3.8) is 0 Å². The summed E-state index contributed by atoms with van der Waals surface area (Å²) in [5.41, 5.74) is 0.503. The van der Waals surface area contributed by atoms with Gasteiger partial charge in [-0.15, -0.1) is 0 Å². The summed E-state index contributed by atoms with van der Waals surface area (Å²) in [5.74, 6) is -2.60. The van der Waals surface area contributed by atoms with Crippen molar-refractivity contribution in [2.45, 2.75) is 147 Å². The number of esters is 1. The van der Waals surface area contributed by atoms with E-state index in [2.05, 4.69) is 0 Å². The maximum atomic E-state index is 13.7. The van der Waals surface area contributed by atoms with Crippen LogP contribution in [0.4, 0.5) is 9.59 Å². The Kier molecular flexibility index (Phi) is 17.7. The van der Waals surface area contributed by atoms with E-state index < -0.39 is 103 Å². The number of epoxide rings is 1. The highest BCUT2D eigenvalue weighted by atomic mass is 16.8. The van der Waals surface area contributed by atoms with Gasteiger partial charge in [-0.2, -0.15) is 0 Å². The van der Waals surface area contributed by atoms with Gasteiger partial charge < -0.3 is 57.4 Å². The molecule has 0 radical (unpaired) electrons. The Morgan fingerprint density at radius 3 is 2.05 bits per heavy atom. The van der Waals surface area contributed by atoms with Crippen molar-refractivity contribution in [2.24, 2.45) is 17.8 Å². The van der Waals surface area contributed by atoms with Crippen LogP contribution in [0.15, 0.2) is 60.7 Å². The highest BCUT2D eigenvalue weighted by molar-refractivity contribution is 5.89. The monoisotopic (exact) mass is 871 g/mol. The summed E-state index contributed by atoms with van der Waals surface area (Å²) in [7, 11) is 4.34. The third-order valence-electron chi connectivity index (χ3n) is 12.2. The van der Waals surface area contributed by atoms with Crippen molar-refractivity contribution in [1.29, 1.82) is 0 Å². The summed E-state index contributed by atoms with van der Waals surface area (Å²) in [6.45, 7) is 10.9. The fourth-order valence-corrected chi connectivity index (χ4v) is 8.54. The number of methoxy groups -OCH3 is 2. The van der Waals surface area contributed by atoms with Crippen LogP contribution in [-0.2, 0) is 70.2 Å². The topological polar surface area (TPSA) is 187 Å². The summed E-state index contributed by atoms with van der Waals surface area (Å²) < 4.78 is 60.2. The number of rotatable bonds is 20. The molecule has 62 heavy (non-hydrogen) atoms. The predicted molar refractivity (Wildman–Crippen MR) is 222 cm³/mol. The van der Waals surface area contributed by atoms with E-state index in [-0.39, 0.29) is 51.3 Å². The van der Waals surface area contributed by atoms with Gasteiger partial charge in [-0.05, 0) is 50.7 Å². The first-order chi connectivity index (χ1) is 29.6. The zero-order valence-electron chi connectivity index (χ0n) is 37.3. The molecule has 1 amide bonds. The fraction of sp³-hybridized carbons (Fsp3) is 0.652. The van der Waals surface area contributed by atoms with E-state index in [0.717, 1.165) is 11.1 Å². The van der Waals surface area contributed by atoms with Gasteiger partial charge in [-0.1, -0.05) is 81.4 Å². The summed E-state index contributed by atoms with van der Waals surface area (Å²) in [6, 6.07) is 17.5. The van der Waals surface area contributed by atoms with Crippen molar-refractivity contribution < 1.29 is 71.7 Å². The SMILES string of the molecule is CCC(=O)[C@@]1(C[C@H](C)[C@H](O[C@@H]2O[C@H](C)C[C@H](N(C)C(=O)OCc3ccccc3)[C@H]2OC(=O)OCc2ccccc2)[C@@H](C)[C@H](O[C@@H]2C[C@@H](OC)[C@H](O)[C@@H](C)O2)[C@@H](C)C(=O)OC)CO1. The van der Waals surface area contributed by atoms with Crippen LogP contribution in [0.1, 0.15) is 78.4 Å². The number of hydrogen-bond donors (Lipinski definition) is 1. The number of likely N-dealkylation sites (N-methyl/N-ethyl adjacent to an activating group) is 1. The summed E-state index contributed by atoms with van der Waals surface area (Å²) in [4.78, 5) is 55.2. The molecule has 0 spiro atoms. The Labute approximate surface area is 364 Å². The molecule has 0 aliphatic carbocycles. The number of benzene rings is 2. The molecule has 16 nitrogen and oxygen atoms in total. The number of carbonyl (C=O) groups excluding carboxylic acids is 4. The zero-order chi connectivity index (χ0) is 45.1. The van der Waals surface area contributed by atoms with E-state index >= 15 is 0 Å². The second-order valence-corrected chi connectivity index (χ2v) is 16.8. The van der Waals surface area contributed by atoms with Crippen LogP contribution in [0.2, 0.25) is 0 Å². The molecule has 2 aromatic rings. The van der Waals surface area contributed by atoms with Gasteiger partial charge in [0.15, 0.2) is 24.5 Å². The minimum Gasteiger partial charge on any atom is -0.469 e. The standard InChI is InChI=1S/C46H65NO15/c1-10-36(48)46(26-57-46)23-27(2)39(29(4)40(30(5)42(50)54-9)60-37-22-35(53-8)38(49)31(6)59-37)61-43-41(62-45(52)56-25-33-19-15-12-16-20-33)34(21-28(3)58-43)47(7)44(51)55-24-32-17-13-11-14-18-32/h11-20,27-31,34-35,37-41,43,49H,10,21-26H2,1-9H3/t27-,28+,29+,30+,31+,34-,35+,37+,38+,39-,40-,41+,43-,46+/m0/s1. The third-order valence-corrected chi connectivity index (χ3v) is 12.2. The normalized spacial score (nSPS) is 29.5. The molecule has 3 aliphatic rings. The van der Waals surface area contributed by atoms with Gasteiger partial charge in [0, 0.05) is 32.9 Å². The quantitative estimate of drug-likeness (QED) is 0.0929. The lowest BCUT2D eigenvalue weighted by molar-refractivity contribution is -0.299. The van der Waals surface area contributed by atoms with Crippen LogP contribution in [0.3, 0.4) is 0 Å². The highest BCUT2D eigenvalue weighted by Crippen LogP contribution is 2.42. The second kappa shape index (κ2) is 22.5. The Hall–Kier alpha value is -4.16. The average molecular weight is 872 g/mol. The van der Waals surface area contributed by atoms with Gasteiger partial charge in [0.1, 0.15) is 24.9 Å². The molecule has 0 bridgehead atoms. The molecule has 14 atom stereocenters. The molecule has 344 valence electrons. The molecule has 0 saturated carbocycles. The summed E-state index contributed by atoms with van der Waals surface area (Å²) in [6.07, 6.45) is -8.68. The lowest BCUT2D eigenvalue weighted by Crippen LogP contribution is -2.59. The third kappa shape index (κ3) is 12.5. The van der Waals surface area contributed by atoms with Gasteiger partial charge in [-0.3, -0.25) is 9.59 Å². The first-order valence-corrected chi connectivity index (χ1v) is 21.5. The largest absolute Gasteiger partial charge is 0.509 e. The molecular weight excluding hydrogens is 806 g/mol. The minimum atomic E-state index is -1.31. The number of aliphatic hydroxyl groups is 1. The molecule has 3 saturated heterocycles. The van der Waals surface area contributed by atoms with Crippen LogP contribution in [-0.4, -0.2) is 129 Å². The Morgan fingerprint density at radius 1 is 0.871 bits per heavy atom. The van der Waals surface area contributed by atoms with Crippen molar-refractivity contribution in [2.75, 3.05) is 27.9 Å². The number of hydrogen-bond acceptors (Lipinski definition) is 15. The first kappa shape index (κ1) is 48.9. The van der Waals surface area contributed by atoms with Gasteiger partial charge in [0.25, 0.3) is 0 Å². The molecule has 2 aromatic carbocycles. The predicted octanol–water partition coefficient (Wildman–Crippen LogP) is 5.98. The van der Waals surface area contributed by atoms with Crippen molar-refractivity contribution in [3.05, 3.63) is 71.8 Å². The van der Waals surface area contributed by atoms with E-state index in [4.69, 9.17) is 47.4 Å². The molecule has 5 rings (SSSR count). The lowest BCUT2D eigenvalue weighted by atomic mass is 9.79. The van der Waals surface area contributed by atoms with E-state index in [1.807, 2.05) is 69.3 Å². The highest BCUT2D eigenvalue weighted by Gasteiger charge is 2.54. The second-order valence-electron chi connectivity index (χ2n) is 16.8. The van der Waals surface area contributed by atoms with Crippen molar-refractivity contribution in [3.8, 4) is 0 Å². The number of ether oxygens (including phenoxy) is 10. The molecule has 0 unspecified atom stereocenters. The molecule has 3 aliphatic heterocycles. The Morgan fingerprint density at radius 2 is 1.48 bits per heavy atom. The zero-order valence-corrected chi connectivity index (χ0v) is 37.3. The van der Waals surface area contributed by atoms with E-state index in [1.54, 1.807) is 40.0 Å². The lowest BCUT2D eigenvalue weighted by Gasteiger charge is -2.46. The smallest absolute Gasteiger partial charge is 0.469 e. The van der Waals surface area contributed by atoms with Crippen LogP contribution < -0.4 is 0 Å². The van der Waals surface area contributed by atoms with Gasteiger partial charge >= 0.3 is 18.2 Å². The molecule has 1 N–H and O–H groups in total. The average Bonchev–Trinajstić information content (AvgIpc) is 4.07. The Balaban J connectivity index is 1.49. The molecular formula is C46H65NO15. The number of aliphatic hydroxyl groups excluding tert-OH is 1. The Bertz CT molecular complexity index is 1740. The van der Waals surface area contributed by atoms with Crippen LogP contribution in [0.25, 0.3) is 0 Å². The van der Waals surface area contributed by atoms with E-state index in [0.29, 0.717) is 0 Å². The number of carbonyl (C=O) groups is 4. The van der Waals surface area contributed by atoms with Crippen LogP contribution in [0, 0.1) is 17.8 Å². The van der Waals surface area contributed by atoms with E-state index in [1.165, 1.54) is 19.1 Å². The number of nitrogens with zero attached hydrogens (tertiary/aromatic N) is 1. The van der Waals surface area contributed by atoms with Crippen molar-refractivity contribution in [1.82, 2.24) is 4.90 Å². The first-order valence-electron chi connectivity index (χ1n) is 21.5. The molecule has 16 heteroatoms. The van der Waals surface area contributed by atoms with Crippen LogP contribution in [0.5, 0.6) is 0 Å². The summed E-state index contributed by atoms with van der Waals surface area (Å²) in [5, 5.41) is 10.7. The molecule has 3 heterocycles. The molecule has 3 fully saturated rings. The number of ketones is 1.